The van der Waals surface area contributed by atoms with Gasteiger partial charge in [0.15, 0.2) is 0 Å². The zero-order chi connectivity index (χ0) is 6.69. The van der Waals surface area contributed by atoms with Crippen LogP contribution in [0.15, 0.2) is 0 Å². The van der Waals surface area contributed by atoms with Gasteiger partial charge in [-0.1, -0.05) is 0 Å². The Hall–Kier alpha value is -0.370. The van der Waals surface area contributed by atoms with E-state index in [1.165, 1.54) is 0 Å². The molecule has 0 unspecified atom stereocenters. The van der Waals surface area contributed by atoms with Gasteiger partial charge < -0.3 is 9.53 Å². The molecule has 0 saturated carbocycles. The molecular formula is C7H12O2. The average Bonchev–Trinajstić information content (AvgIpc) is 1.88. The Morgan fingerprint density at radius 2 is 2.44 bits per heavy atom. The molecule has 1 saturated heterocycles. The fourth-order valence-corrected chi connectivity index (χ4v) is 1.16. The van der Waals surface area contributed by atoms with E-state index < -0.39 is 0 Å². The first-order valence-electron chi connectivity index (χ1n) is 3.40. The van der Waals surface area contributed by atoms with E-state index in [1.54, 1.807) is 0 Å². The van der Waals surface area contributed by atoms with E-state index in [9.17, 15) is 4.79 Å². The van der Waals surface area contributed by atoms with Gasteiger partial charge in [0, 0.05) is 12.5 Å². The van der Waals surface area contributed by atoms with Crippen LogP contribution in [0.25, 0.3) is 0 Å². The minimum Gasteiger partial charge on any atom is -0.378 e. The van der Waals surface area contributed by atoms with E-state index in [-0.39, 0.29) is 12.0 Å². The van der Waals surface area contributed by atoms with Crippen molar-refractivity contribution in [2.45, 2.75) is 25.9 Å². The lowest BCUT2D eigenvalue weighted by Crippen LogP contribution is -2.23. The van der Waals surface area contributed by atoms with Gasteiger partial charge >= 0.3 is 0 Å². The van der Waals surface area contributed by atoms with Crippen molar-refractivity contribution in [3.63, 3.8) is 0 Å². The highest BCUT2D eigenvalue weighted by molar-refractivity contribution is 5.53. The molecule has 1 aliphatic heterocycles. The largest absolute Gasteiger partial charge is 0.378 e. The van der Waals surface area contributed by atoms with Crippen LogP contribution in [0.1, 0.15) is 19.8 Å². The Bertz CT molecular complexity index is 101. The summed E-state index contributed by atoms with van der Waals surface area (Å²) in [6.07, 6.45) is 3.14. The highest BCUT2D eigenvalue weighted by Gasteiger charge is 2.17. The average molecular weight is 128 g/mol. The predicted molar refractivity (Wildman–Crippen MR) is 34.2 cm³/mol. The van der Waals surface area contributed by atoms with Crippen molar-refractivity contribution in [2.75, 3.05) is 6.61 Å². The molecule has 2 nitrogen and oxygen atoms in total. The minimum atomic E-state index is 0.258. The van der Waals surface area contributed by atoms with Gasteiger partial charge in [-0.05, 0) is 19.8 Å². The maximum Gasteiger partial charge on any atom is 0.123 e. The summed E-state index contributed by atoms with van der Waals surface area (Å²) in [5.41, 5.74) is 0. The third-order valence-electron chi connectivity index (χ3n) is 1.72. The Morgan fingerprint density at radius 1 is 1.67 bits per heavy atom. The van der Waals surface area contributed by atoms with E-state index in [2.05, 4.69) is 0 Å². The van der Waals surface area contributed by atoms with Crippen molar-refractivity contribution in [1.82, 2.24) is 0 Å². The van der Waals surface area contributed by atoms with Crippen LogP contribution < -0.4 is 0 Å². The Balaban J connectivity index is 2.31. The maximum absolute atomic E-state index is 10.2. The van der Waals surface area contributed by atoms with E-state index >= 15 is 0 Å². The molecule has 0 bridgehead atoms. The second kappa shape index (κ2) is 2.97. The molecule has 0 aliphatic carbocycles. The second-order valence-electron chi connectivity index (χ2n) is 2.60. The summed E-state index contributed by atoms with van der Waals surface area (Å²) in [7, 11) is 0. The molecule has 0 spiro atoms. The summed E-state index contributed by atoms with van der Waals surface area (Å²) in [5, 5.41) is 0. The lowest BCUT2D eigenvalue weighted by atomic mass is 9.98. The molecule has 0 radical (unpaired) electrons. The number of carbonyl (C=O) groups excluding carboxylic acids is 1. The molecule has 0 N–H and O–H groups in total. The second-order valence-corrected chi connectivity index (χ2v) is 2.60. The van der Waals surface area contributed by atoms with Gasteiger partial charge in [0.2, 0.25) is 0 Å². The van der Waals surface area contributed by atoms with Crippen LogP contribution in [-0.2, 0) is 9.53 Å². The van der Waals surface area contributed by atoms with Crippen LogP contribution in [0.5, 0.6) is 0 Å². The van der Waals surface area contributed by atoms with Crippen molar-refractivity contribution in [2.24, 2.45) is 5.92 Å². The lowest BCUT2D eigenvalue weighted by Gasteiger charge is -2.22. The zero-order valence-corrected chi connectivity index (χ0v) is 5.67. The molecule has 2 heteroatoms. The Kier molecular flexibility index (Phi) is 2.22. The van der Waals surface area contributed by atoms with Crippen molar-refractivity contribution in [1.29, 1.82) is 0 Å². The minimum absolute atomic E-state index is 0.258. The third kappa shape index (κ3) is 1.79. The highest BCUT2D eigenvalue weighted by Crippen LogP contribution is 2.16. The third-order valence-corrected chi connectivity index (χ3v) is 1.72. The molecule has 9 heavy (non-hydrogen) atoms. The lowest BCUT2D eigenvalue weighted by molar-refractivity contribution is -0.115. The quantitative estimate of drug-likeness (QED) is 0.492. The molecule has 0 aromatic rings. The number of aldehydes is 1. The van der Waals surface area contributed by atoms with Gasteiger partial charge in [0.05, 0.1) is 6.10 Å². The number of hydrogen-bond donors (Lipinski definition) is 0. The maximum atomic E-state index is 10.2. The van der Waals surface area contributed by atoms with Gasteiger partial charge in [0.25, 0.3) is 0 Å². The summed E-state index contributed by atoms with van der Waals surface area (Å²) in [6, 6.07) is 0. The van der Waals surface area contributed by atoms with Gasteiger partial charge in [-0.15, -0.1) is 0 Å². The van der Waals surface area contributed by atoms with E-state index in [0.29, 0.717) is 0 Å². The van der Waals surface area contributed by atoms with Gasteiger partial charge in [-0.25, -0.2) is 0 Å². The van der Waals surface area contributed by atoms with Crippen molar-refractivity contribution < 1.29 is 9.53 Å². The van der Waals surface area contributed by atoms with Crippen LogP contribution >= 0.6 is 0 Å². The molecule has 0 aromatic carbocycles. The predicted octanol–water partition coefficient (Wildman–Crippen LogP) is 1.00. The number of rotatable bonds is 1. The standard InChI is InChI=1S/C7H12O2/c1-6-4-7(5-8)2-3-9-6/h5-7H,2-4H2,1H3/t6-,7+/m1/s1. The van der Waals surface area contributed by atoms with Crippen LogP contribution in [0, 0.1) is 5.92 Å². The number of ether oxygens (including phenoxy) is 1. The summed E-state index contributed by atoms with van der Waals surface area (Å²) in [4.78, 5) is 10.2. The van der Waals surface area contributed by atoms with Crippen LogP contribution in [0.2, 0.25) is 0 Å². The molecule has 2 atom stereocenters. The highest BCUT2D eigenvalue weighted by atomic mass is 16.5. The molecule has 0 aromatic heterocycles. The van der Waals surface area contributed by atoms with Crippen molar-refractivity contribution >= 4 is 6.29 Å². The van der Waals surface area contributed by atoms with E-state index in [1.807, 2.05) is 6.92 Å². The summed E-state index contributed by atoms with van der Waals surface area (Å²) >= 11 is 0. The Labute approximate surface area is 55.2 Å². The van der Waals surface area contributed by atoms with Crippen LogP contribution in [0.3, 0.4) is 0 Å². The SMILES string of the molecule is C[C@@H]1C[C@@H](C=O)CCO1. The normalized spacial score (nSPS) is 36.1. The van der Waals surface area contributed by atoms with Gasteiger partial charge in [-0.3, -0.25) is 0 Å². The van der Waals surface area contributed by atoms with E-state index in [0.717, 1.165) is 25.7 Å². The number of hydrogen-bond acceptors (Lipinski definition) is 2. The summed E-state index contributed by atoms with van der Waals surface area (Å²) in [5.74, 6) is 0.258. The summed E-state index contributed by atoms with van der Waals surface area (Å²) < 4.78 is 5.25. The molecule has 0 amide bonds. The smallest absolute Gasteiger partial charge is 0.123 e. The Morgan fingerprint density at radius 3 is 2.89 bits per heavy atom. The first kappa shape index (κ1) is 6.75. The van der Waals surface area contributed by atoms with E-state index in [4.69, 9.17) is 4.74 Å². The fourth-order valence-electron chi connectivity index (χ4n) is 1.16. The molecule has 1 aliphatic rings. The fraction of sp³-hybridized carbons (Fsp3) is 0.857. The van der Waals surface area contributed by atoms with Crippen LogP contribution in [0.4, 0.5) is 0 Å². The van der Waals surface area contributed by atoms with Crippen molar-refractivity contribution in [3.05, 3.63) is 0 Å². The zero-order valence-electron chi connectivity index (χ0n) is 5.67. The molecule has 52 valence electrons. The van der Waals surface area contributed by atoms with Gasteiger partial charge in [0.1, 0.15) is 6.29 Å². The van der Waals surface area contributed by atoms with Gasteiger partial charge in [-0.2, -0.15) is 0 Å². The molecule has 1 rings (SSSR count). The molecule has 1 fully saturated rings. The molecular weight excluding hydrogens is 116 g/mol. The monoisotopic (exact) mass is 128 g/mol. The first-order chi connectivity index (χ1) is 4.33. The van der Waals surface area contributed by atoms with Crippen molar-refractivity contribution in [3.8, 4) is 0 Å². The summed E-state index contributed by atoms with van der Waals surface area (Å²) in [6.45, 7) is 2.76. The topological polar surface area (TPSA) is 26.3 Å². The first-order valence-corrected chi connectivity index (χ1v) is 3.40. The molecule has 1 heterocycles. The van der Waals surface area contributed by atoms with Crippen LogP contribution in [-0.4, -0.2) is 19.0 Å². The number of carbonyl (C=O) groups is 1.